The van der Waals surface area contributed by atoms with Gasteiger partial charge in [0.2, 0.25) is 0 Å². The number of ether oxygens (including phenoxy) is 2. The molecule has 0 aromatic heterocycles. The molecule has 1 saturated carbocycles. The fourth-order valence-corrected chi connectivity index (χ4v) is 7.20. The maximum absolute atomic E-state index is 12.6. The van der Waals surface area contributed by atoms with E-state index in [4.69, 9.17) is 19.1 Å². The number of carbonyl (C=O) groups excluding carboxylic acids is 2. The van der Waals surface area contributed by atoms with Crippen molar-refractivity contribution in [3.63, 3.8) is 0 Å². The molecule has 3 N–H and O–H groups in total. The van der Waals surface area contributed by atoms with Gasteiger partial charge in [-0.15, -0.1) is 0 Å². The molecule has 0 amide bonds. The SMILES string of the molecule is CCCCCCCCCCCCCCCC(=O)OCC(COP(=O)(O)OCC(O)CO)OC(=O)CCCCCCCC1CC1CCCCCC. The Morgan fingerprint density at radius 2 is 1.04 bits per heavy atom. The standard InChI is InChI=1S/C39H75O10P/c1-3-5-7-9-10-11-12-13-14-15-16-19-23-27-38(42)46-32-37(33-48-50(44,45)47-31-36(41)30-40)49-39(43)28-24-20-17-18-22-26-35-29-34(35)25-21-8-6-4-2/h34-37,40-41H,3-33H2,1-2H3,(H,44,45). The van der Waals surface area contributed by atoms with Gasteiger partial charge in [-0.25, -0.2) is 4.57 Å². The van der Waals surface area contributed by atoms with Gasteiger partial charge in [-0.05, 0) is 31.1 Å². The highest BCUT2D eigenvalue weighted by atomic mass is 31.2. The Morgan fingerprint density at radius 3 is 1.54 bits per heavy atom. The molecule has 50 heavy (non-hydrogen) atoms. The van der Waals surface area contributed by atoms with Crippen molar-refractivity contribution in [2.24, 2.45) is 11.8 Å². The lowest BCUT2D eigenvalue weighted by atomic mass is 10.0. The summed E-state index contributed by atoms with van der Waals surface area (Å²) in [6, 6.07) is 0. The number of aliphatic hydroxyl groups excluding tert-OH is 2. The molecule has 10 nitrogen and oxygen atoms in total. The van der Waals surface area contributed by atoms with E-state index < -0.39 is 51.8 Å². The minimum absolute atomic E-state index is 0.196. The van der Waals surface area contributed by atoms with Crippen molar-refractivity contribution in [3.05, 3.63) is 0 Å². The van der Waals surface area contributed by atoms with Crippen molar-refractivity contribution < 1.29 is 47.8 Å². The molecule has 0 bridgehead atoms. The number of esters is 2. The molecule has 1 aliphatic rings. The van der Waals surface area contributed by atoms with Crippen molar-refractivity contribution >= 4 is 19.8 Å². The number of phosphoric acid groups is 1. The van der Waals surface area contributed by atoms with Crippen molar-refractivity contribution in [1.29, 1.82) is 0 Å². The van der Waals surface area contributed by atoms with Gasteiger partial charge < -0.3 is 24.6 Å². The Bertz CT molecular complexity index is 872. The molecule has 296 valence electrons. The van der Waals surface area contributed by atoms with Gasteiger partial charge in [0.05, 0.1) is 19.8 Å². The van der Waals surface area contributed by atoms with Crippen molar-refractivity contribution in [1.82, 2.24) is 0 Å². The van der Waals surface area contributed by atoms with Gasteiger partial charge in [-0.1, -0.05) is 155 Å². The van der Waals surface area contributed by atoms with Gasteiger partial charge in [0.1, 0.15) is 12.7 Å². The molecule has 11 heteroatoms. The number of phosphoric ester groups is 1. The molecular weight excluding hydrogens is 659 g/mol. The first-order valence-electron chi connectivity index (χ1n) is 20.5. The van der Waals surface area contributed by atoms with Crippen molar-refractivity contribution in [2.45, 2.75) is 199 Å². The number of rotatable bonds is 37. The summed E-state index contributed by atoms with van der Waals surface area (Å²) < 4.78 is 32.7. The van der Waals surface area contributed by atoms with E-state index in [1.54, 1.807) is 0 Å². The first kappa shape index (κ1) is 47.0. The van der Waals surface area contributed by atoms with Gasteiger partial charge in [0.25, 0.3) is 0 Å². The summed E-state index contributed by atoms with van der Waals surface area (Å²) in [5.41, 5.74) is 0. The molecule has 1 rings (SSSR count). The fraction of sp³-hybridized carbons (Fsp3) is 0.949. The second-order valence-corrected chi connectivity index (χ2v) is 16.0. The molecule has 5 atom stereocenters. The van der Waals surface area contributed by atoms with Crippen LogP contribution >= 0.6 is 7.82 Å². The lowest BCUT2D eigenvalue weighted by Crippen LogP contribution is -2.29. The Morgan fingerprint density at radius 1 is 0.620 bits per heavy atom. The first-order valence-corrected chi connectivity index (χ1v) is 22.0. The third kappa shape index (κ3) is 28.5. The predicted octanol–water partition coefficient (Wildman–Crippen LogP) is 9.75. The van der Waals surface area contributed by atoms with Gasteiger partial charge in [0, 0.05) is 12.8 Å². The molecule has 1 fully saturated rings. The minimum Gasteiger partial charge on any atom is -0.462 e. The number of carbonyl (C=O) groups is 2. The highest BCUT2D eigenvalue weighted by Gasteiger charge is 2.35. The number of hydrogen-bond acceptors (Lipinski definition) is 9. The Kier molecular flexibility index (Phi) is 29.6. The van der Waals surface area contributed by atoms with E-state index >= 15 is 0 Å². The molecule has 1 aliphatic carbocycles. The summed E-state index contributed by atoms with van der Waals surface area (Å²) in [5, 5.41) is 18.3. The predicted molar refractivity (Wildman–Crippen MR) is 199 cm³/mol. The summed E-state index contributed by atoms with van der Waals surface area (Å²) >= 11 is 0. The smallest absolute Gasteiger partial charge is 0.462 e. The average Bonchev–Trinajstić information content (AvgIpc) is 3.86. The zero-order valence-electron chi connectivity index (χ0n) is 31.9. The number of unbranched alkanes of at least 4 members (excludes halogenated alkanes) is 19. The maximum Gasteiger partial charge on any atom is 0.472 e. The summed E-state index contributed by atoms with van der Waals surface area (Å²) in [7, 11) is -4.60. The van der Waals surface area contributed by atoms with Crippen molar-refractivity contribution in [2.75, 3.05) is 26.4 Å². The summed E-state index contributed by atoms with van der Waals surface area (Å²) in [4.78, 5) is 34.9. The summed E-state index contributed by atoms with van der Waals surface area (Å²) in [5.74, 6) is 0.973. The van der Waals surface area contributed by atoms with E-state index in [1.807, 2.05) is 0 Å². The largest absolute Gasteiger partial charge is 0.472 e. The lowest BCUT2D eigenvalue weighted by Gasteiger charge is -2.20. The Balaban J connectivity index is 2.27. The van der Waals surface area contributed by atoms with Crippen molar-refractivity contribution in [3.8, 4) is 0 Å². The molecule has 0 aromatic carbocycles. The van der Waals surface area contributed by atoms with E-state index in [9.17, 15) is 24.2 Å². The van der Waals surface area contributed by atoms with Crippen LogP contribution in [0.3, 0.4) is 0 Å². The van der Waals surface area contributed by atoms with Crippen LogP contribution in [0.5, 0.6) is 0 Å². The van der Waals surface area contributed by atoms with E-state index in [2.05, 4.69) is 18.4 Å². The topological polar surface area (TPSA) is 149 Å². The maximum atomic E-state index is 12.6. The van der Waals surface area contributed by atoms with Gasteiger partial charge in [0.15, 0.2) is 6.10 Å². The second kappa shape index (κ2) is 31.5. The van der Waals surface area contributed by atoms with Crippen LogP contribution in [0.15, 0.2) is 0 Å². The van der Waals surface area contributed by atoms with Crippen LogP contribution in [0.2, 0.25) is 0 Å². The second-order valence-electron chi connectivity index (χ2n) is 14.6. The van der Waals surface area contributed by atoms with Crippen LogP contribution in [0.4, 0.5) is 0 Å². The zero-order chi connectivity index (χ0) is 36.7. The van der Waals surface area contributed by atoms with E-state index in [0.29, 0.717) is 12.8 Å². The van der Waals surface area contributed by atoms with Crippen LogP contribution in [0, 0.1) is 11.8 Å². The molecule has 0 heterocycles. The molecule has 0 radical (unpaired) electrons. The number of aliphatic hydroxyl groups is 2. The lowest BCUT2D eigenvalue weighted by molar-refractivity contribution is -0.161. The van der Waals surface area contributed by atoms with Crippen LogP contribution in [0.1, 0.15) is 187 Å². The molecule has 0 saturated heterocycles. The monoisotopic (exact) mass is 735 g/mol. The molecule has 0 spiro atoms. The average molecular weight is 735 g/mol. The van der Waals surface area contributed by atoms with Crippen LogP contribution in [-0.2, 0) is 32.7 Å². The zero-order valence-corrected chi connectivity index (χ0v) is 32.8. The van der Waals surface area contributed by atoms with Gasteiger partial charge in [-0.3, -0.25) is 18.6 Å². The fourth-order valence-electron chi connectivity index (χ4n) is 6.41. The Labute approximate surface area is 304 Å². The van der Waals surface area contributed by atoms with Crippen LogP contribution in [-0.4, -0.2) is 65.7 Å². The first-order chi connectivity index (χ1) is 24.2. The quantitative estimate of drug-likeness (QED) is 0.0320. The third-order valence-electron chi connectivity index (χ3n) is 9.73. The van der Waals surface area contributed by atoms with E-state index in [0.717, 1.165) is 43.9 Å². The van der Waals surface area contributed by atoms with Gasteiger partial charge in [-0.2, -0.15) is 0 Å². The number of hydrogen-bond donors (Lipinski definition) is 3. The third-order valence-corrected chi connectivity index (χ3v) is 10.7. The highest BCUT2D eigenvalue weighted by Crippen LogP contribution is 2.46. The molecule has 5 unspecified atom stereocenters. The van der Waals surface area contributed by atoms with E-state index in [1.165, 1.54) is 116 Å². The molecule has 0 aliphatic heterocycles. The normalized spacial score (nSPS) is 18.0. The molecule has 0 aromatic rings. The van der Waals surface area contributed by atoms with E-state index in [-0.39, 0.29) is 19.4 Å². The summed E-state index contributed by atoms with van der Waals surface area (Å²) in [6.07, 6.45) is 28.3. The minimum atomic E-state index is -4.60. The molecular formula is C39H75O10P. The summed E-state index contributed by atoms with van der Waals surface area (Å²) in [6.45, 7) is 2.41. The van der Waals surface area contributed by atoms with Gasteiger partial charge >= 0.3 is 19.8 Å². The van der Waals surface area contributed by atoms with Crippen LogP contribution < -0.4 is 0 Å². The van der Waals surface area contributed by atoms with Crippen LogP contribution in [0.25, 0.3) is 0 Å². The highest BCUT2D eigenvalue weighted by molar-refractivity contribution is 7.47. The Hall–Kier alpha value is -1.03.